The number of aliphatic carboxylic acids is 1. The van der Waals surface area contributed by atoms with E-state index in [0.29, 0.717) is 25.0 Å². The molecule has 0 aromatic rings. The topological polar surface area (TPSA) is 82.1 Å². The van der Waals surface area contributed by atoms with Gasteiger partial charge in [0, 0.05) is 25.7 Å². The summed E-state index contributed by atoms with van der Waals surface area (Å²) in [6.07, 6.45) is 0.187. The summed E-state index contributed by atoms with van der Waals surface area (Å²) in [6.45, 7) is 7.94. The fourth-order valence-corrected chi connectivity index (χ4v) is 2.82. The van der Waals surface area contributed by atoms with Crippen molar-refractivity contribution in [1.29, 1.82) is 0 Å². The van der Waals surface area contributed by atoms with E-state index in [2.05, 4.69) is 24.1 Å². The number of carboxylic acid groups (broad SMARTS) is 1. The first-order valence-corrected chi connectivity index (χ1v) is 7.58. The van der Waals surface area contributed by atoms with Crippen LogP contribution in [0.5, 0.6) is 0 Å². The highest BCUT2D eigenvalue weighted by molar-refractivity contribution is 5.77. The summed E-state index contributed by atoms with van der Waals surface area (Å²) in [6, 6.07) is 0.355. The van der Waals surface area contributed by atoms with Crippen LogP contribution in [0.1, 0.15) is 20.3 Å². The quantitative estimate of drug-likeness (QED) is 0.775. The zero-order valence-electron chi connectivity index (χ0n) is 12.7. The van der Waals surface area contributed by atoms with Crippen LogP contribution in [0.4, 0.5) is 4.79 Å². The molecule has 0 aromatic heterocycles. The van der Waals surface area contributed by atoms with Gasteiger partial charge in [-0.3, -0.25) is 0 Å². The molecule has 0 saturated carbocycles. The smallest absolute Gasteiger partial charge is 0.334 e. The summed E-state index contributed by atoms with van der Waals surface area (Å²) >= 11 is 0. The maximum Gasteiger partial charge on any atom is 0.334 e. The Bertz CT molecular complexity index is 388. The second-order valence-electron chi connectivity index (χ2n) is 6.07. The molecule has 2 saturated heterocycles. The zero-order chi connectivity index (χ0) is 15.4. The molecule has 2 fully saturated rings. The number of carbonyl (C=O) groups excluding carboxylic acids is 1. The number of amides is 2. The standard InChI is InChI=1S/C14H25N3O4/c1-10(2)16-4-3-11(8-16)7-15-14(20)17-5-6-21-12(9-17)13(18)19/h10-12H,3-9H2,1-2H3,(H,15,20)(H,18,19). The lowest BCUT2D eigenvalue weighted by Gasteiger charge is -2.31. The highest BCUT2D eigenvalue weighted by Gasteiger charge is 2.30. The Balaban J connectivity index is 1.73. The van der Waals surface area contributed by atoms with E-state index in [1.165, 1.54) is 4.90 Å². The molecule has 2 amide bonds. The molecule has 2 N–H and O–H groups in total. The van der Waals surface area contributed by atoms with Crippen LogP contribution in [0.2, 0.25) is 0 Å². The summed E-state index contributed by atoms with van der Waals surface area (Å²) in [4.78, 5) is 26.9. The van der Waals surface area contributed by atoms with Crippen molar-refractivity contribution in [1.82, 2.24) is 15.1 Å². The van der Waals surface area contributed by atoms with Crippen LogP contribution in [-0.4, -0.2) is 78.4 Å². The van der Waals surface area contributed by atoms with E-state index in [1.807, 2.05) is 0 Å². The van der Waals surface area contributed by atoms with Gasteiger partial charge in [-0.25, -0.2) is 9.59 Å². The van der Waals surface area contributed by atoms with E-state index in [-0.39, 0.29) is 19.2 Å². The number of hydrogen-bond acceptors (Lipinski definition) is 4. The first-order chi connectivity index (χ1) is 9.97. The number of carboxylic acids is 1. The van der Waals surface area contributed by atoms with Crippen molar-refractivity contribution < 1.29 is 19.4 Å². The fraction of sp³-hybridized carbons (Fsp3) is 0.857. The van der Waals surface area contributed by atoms with E-state index in [1.54, 1.807) is 0 Å². The molecule has 2 rings (SSSR count). The van der Waals surface area contributed by atoms with Crippen molar-refractivity contribution in [3.05, 3.63) is 0 Å². The number of hydrogen-bond donors (Lipinski definition) is 2. The molecule has 2 aliphatic heterocycles. The van der Waals surface area contributed by atoms with Gasteiger partial charge in [-0.05, 0) is 32.7 Å². The predicted molar refractivity (Wildman–Crippen MR) is 77.2 cm³/mol. The monoisotopic (exact) mass is 299 g/mol. The normalized spacial score (nSPS) is 27.1. The maximum atomic E-state index is 12.1. The fourth-order valence-electron chi connectivity index (χ4n) is 2.82. The van der Waals surface area contributed by atoms with Gasteiger partial charge in [0.1, 0.15) is 0 Å². The van der Waals surface area contributed by atoms with Gasteiger partial charge < -0.3 is 25.0 Å². The first kappa shape index (κ1) is 16.0. The van der Waals surface area contributed by atoms with E-state index in [4.69, 9.17) is 9.84 Å². The van der Waals surface area contributed by atoms with E-state index >= 15 is 0 Å². The molecule has 2 aliphatic rings. The summed E-state index contributed by atoms with van der Waals surface area (Å²) in [7, 11) is 0. The molecule has 0 bridgehead atoms. The average molecular weight is 299 g/mol. The Kier molecular flexibility index (Phi) is 5.41. The van der Waals surface area contributed by atoms with Crippen LogP contribution in [0.25, 0.3) is 0 Å². The van der Waals surface area contributed by atoms with Gasteiger partial charge in [-0.2, -0.15) is 0 Å². The Hall–Kier alpha value is -1.34. The maximum absolute atomic E-state index is 12.1. The lowest BCUT2D eigenvalue weighted by molar-refractivity contribution is -0.154. The summed E-state index contributed by atoms with van der Waals surface area (Å²) in [5.74, 6) is -0.538. The number of likely N-dealkylation sites (tertiary alicyclic amines) is 1. The molecule has 0 aliphatic carbocycles. The predicted octanol–water partition coefficient (Wildman–Crippen LogP) is 0.212. The van der Waals surface area contributed by atoms with Gasteiger partial charge >= 0.3 is 12.0 Å². The number of morpholine rings is 1. The molecule has 7 nitrogen and oxygen atoms in total. The van der Waals surface area contributed by atoms with Crippen LogP contribution in [0.3, 0.4) is 0 Å². The Morgan fingerprint density at radius 1 is 1.33 bits per heavy atom. The Morgan fingerprint density at radius 3 is 2.71 bits per heavy atom. The number of rotatable bonds is 4. The van der Waals surface area contributed by atoms with Gasteiger partial charge in [0.2, 0.25) is 0 Å². The highest BCUT2D eigenvalue weighted by atomic mass is 16.5. The van der Waals surface area contributed by atoms with E-state index in [0.717, 1.165) is 19.5 Å². The van der Waals surface area contributed by atoms with E-state index in [9.17, 15) is 9.59 Å². The molecule has 2 unspecified atom stereocenters. The lowest BCUT2D eigenvalue weighted by atomic mass is 10.1. The number of urea groups is 1. The van der Waals surface area contributed by atoms with Crippen LogP contribution in [0.15, 0.2) is 0 Å². The van der Waals surface area contributed by atoms with Crippen LogP contribution < -0.4 is 5.32 Å². The zero-order valence-corrected chi connectivity index (χ0v) is 12.7. The number of carbonyl (C=O) groups is 2. The first-order valence-electron chi connectivity index (χ1n) is 7.58. The van der Waals surface area contributed by atoms with E-state index < -0.39 is 12.1 Å². The molecule has 0 aromatic carbocycles. The third-order valence-electron chi connectivity index (χ3n) is 4.22. The van der Waals surface area contributed by atoms with Crippen molar-refractivity contribution in [2.45, 2.75) is 32.4 Å². The van der Waals surface area contributed by atoms with Crippen molar-refractivity contribution in [3.8, 4) is 0 Å². The minimum atomic E-state index is -1.02. The lowest BCUT2D eigenvalue weighted by Crippen LogP contribution is -2.52. The second-order valence-corrected chi connectivity index (χ2v) is 6.07. The molecular formula is C14H25N3O4. The van der Waals surface area contributed by atoms with Gasteiger partial charge in [0.05, 0.1) is 13.2 Å². The molecule has 21 heavy (non-hydrogen) atoms. The van der Waals surface area contributed by atoms with Crippen LogP contribution in [-0.2, 0) is 9.53 Å². The summed E-state index contributed by atoms with van der Waals surface area (Å²) in [5, 5.41) is 11.9. The molecule has 7 heteroatoms. The minimum absolute atomic E-state index is 0.115. The number of nitrogens with one attached hydrogen (secondary N) is 1. The number of ether oxygens (including phenoxy) is 1. The molecular weight excluding hydrogens is 274 g/mol. The molecule has 0 spiro atoms. The Morgan fingerprint density at radius 2 is 2.10 bits per heavy atom. The molecule has 120 valence electrons. The largest absolute Gasteiger partial charge is 0.479 e. The van der Waals surface area contributed by atoms with Crippen LogP contribution in [0, 0.1) is 5.92 Å². The highest BCUT2D eigenvalue weighted by Crippen LogP contribution is 2.17. The second kappa shape index (κ2) is 7.09. The Labute approximate surface area is 125 Å². The number of nitrogens with zero attached hydrogens (tertiary/aromatic N) is 2. The minimum Gasteiger partial charge on any atom is -0.479 e. The third-order valence-corrected chi connectivity index (χ3v) is 4.22. The van der Waals surface area contributed by atoms with Gasteiger partial charge in [-0.15, -0.1) is 0 Å². The van der Waals surface area contributed by atoms with Crippen molar-refractivity contribution in [2.24, 2.45) is 5.92 Å². The summed E-state index contributed by atoms with van der Waals surface area (Å²) in [5.41, 5.74) is 0. The molecule has 2 atom stereocenters. The van der Waals surface area contributed by atoms with Crippen molar-refractivity contribution in [2.75, 3.05) is 39.3 Å². The average Bonchev–Trinajstić information content (AvgIpc) is 2.94. The summed E-state index contributed by atoms with van der Waals surface area (Å²) < 4.78 is 5.11. The van der Waals surface area contributed by atoms with Gasteiger partial charge in [0.25, 0.3) is 0 Å². The van der Waals surface area contributed by atoms with Crippen molar-refractivity contribution in [3.63, 3.8) is 0 Å². The van der Waals surface area contributed by atoms with Gasteiger partial charge in [0.15, 0.2) is 6.10 Å². The molecule has 2 heterocycles. The SMILES string of the molecule is CC(C)N1CCC(CNC(=O)N2CCOC(C(=O)O)C2)C1. The third kappa shape index (κ3) is 4.31. The van der Waals surface area contributed by atoms with Gasteiger partial charge in [-0.1, -0.05) is 0 Å². The van der Waals surface area contributed by atoms with Crippen molar-refractivity contribution >= 4 is 12.0 Å². The van der Waals surface area contributed by atoms with Crippen LogP contribution >= 0.6 is 0 Å². The molecule has 0 radical (unpaired) electrons.